The number of hydrogen-bond acceptors (Lipinski definition) is 5. The van der Waals surface area contributed by atoms with E-state index in [4.69, 9.17) is 30.0 Å². The highest BCUT2D eigenvalue weighted by molar-refractivity contribution is 7.45. The first-order chi connectivity index (χ1) is 16.3. The van der Waals surface area contributed by atoms with Crippen molar-refractivity contribution in [2.24, 2.45) is 5.73 Å². The number of nitrogens with zero attached hydrogens (tertiary/aromatic N) is 3. The smallest absolute Gasteiger partial charge is 0.340 e. The molecule has 2 heterocycles. The van der Waals surface area contributed by atoms with Crippen molar-refractivity contribution in [2.75, 3.05) is 18.4 Å². The standard InChI is InChI=1S/C22H23F2N5O.H3O4P/c1-22(2)21-27-19(14-3-5-15(23)6-4-14)20(26-17-9-7-16(24)8-10-17)28(21)11-12-29(22)18(30)13-25;1-5(2,3)4/h3-10,26H,11-13,25H2,1-2H3;(H3,1,2,3,4). The van der Waals surface area contributed by atoms with Gasteiger partial charge in [0, 0.05) is 24.3 Å². The predicted octanol–water partition coefficient (Wildman–Crippen LogP) is 2.68. The zero-order chi connectivity index (χ0) is 26.0. The van der Waals surface area contributed by atoms with Gasteiger partial charge < -0.3 is 35.2 Å². The van der Waals surface area contributed by atoms with Gasteiger partial charge in [-0.15, -0.1) is 0 Å². The molecule has 1 aliphatic heterocycles. The number of nitrogens with two attached hydrogens (primary N) is 1. The minimum absolute atomic E-state index is 0.0738. The van der Waals surface area contributed by atoms with Gasteiger partial charge in [0.2, 0.25) is 5.91 Å². The topological polar surface area (TPSA) is 154 Å². The Labute approximate surface area is 200 Å². The first kappa shape index (κ1) is 26.5. The molecule has 188 valence electrons. The summed E-state index contributed by atoms with van der Waals surface area (Å²) in [5, 5.41) is 3.33. The molecule has 0 bridgehead atoms. The second-order valence-corrected chi connectivity index (χ2v) is 9.27. The predicted molar refractivity (Wildman–Crippen MR) is 125 cm³/mol. The zero-order valence-electron chi connectivity index (χ0n) is 19.0. The lowest BCUT2D eigenvalue weighted by Crippen LogP contribution is -2.53. The molecule has 2 aromatic carbocycles. The van der Waals surface area contributed by atoms with E-state index in [1.54, 1.807) is 29.2 Å². The molecule has 1 amide bonds. The van der Waals surface area contributed by atoms with Crippen LogP contribution in [0.2, 0.25) is 0 Å². The molecule has 1 aliphatic rings. The summed E-state index contributed by atoms with van der Waals surface area (Å²) < 4.78 is 37.7. The Morgan fingerprint density at radius 3 is 2.09 bits per heavy atom. The molecular weight excluding hydrogens is 483 g/mol. The maximum atomic E-state index is 13.5. The minimum Gasteiger partial charge on any atom is -0.340 e. The van der Waals surface area contributed by atoms with Crippen LogP contribution in [0.25, 0.3) is 11.3 Å². The van der Waals surface area contributed by atoms with Gasteiger partial charge >= 0.3 is 7.82 Å². The molecule has 0 atom stereocenters. The van der Waals surface area contributed by atoms with Crippen molar-refractivity contribution < 1.29 is 32.8 Å². The summed E-state index contributed by atoms with van der Waals surface area (Å²) in [5.74, 6) is 0.587. The summed E-state index contributed by atoms with van der Waals surface area (Å²) in [4.78, 5) is 40.5. The molecule has 0 saturated heterocycles. The number of benzene rings is 2. The summed E-state index contributed by atoms with van der Waals surface area (Å²) >= 11 is 0. The molecule has 0 radical (unpaired) electrons. The second kappa shape index (κ2) is 10.2. The molecule has 0 aliphatic carbocycles. The van der Waals surface area contributed by atoms with Crippen molar-refractivity contribution in [1.82, 2.24) is 14.5 Å². The highest BCUT2D eigenvalue weighted by Gasteiger charge is 2.41. The van der Waals surface area contributed by atoms with Crippen LogP contribution in [0.4, 0.5) is 20.3 Å². The van der Waals surface area contributed by atoms with Crippen molar-refractivity contribution in [1.29, 1.82) is 0 Å². The monoisotopic (exact) mass is 509 g/mol. The molecule has 4 rings (SSSR count). The quantitative estimate of drug-likeness (QED) is 0.337. The molecule has 0 unspecified atom stereocenters. The average molecular weight is 509 g/mol. The fraction of sp³-hybridized carbons (Fsp3) is 0.273. The van der Waals surface area contributed by atoms with Gasteiger partial charge in [-0.1, -0.05) is 0 Å². The summed E-state index contributed by atoms with van der Waals surface area (Å²) in [6, 6.07) is 12.1. The summed E-state index contributed by atoms with van der Waals surface area (Å²) in [7, 11) is -4.64. The number of rotatable bonds is 4. The summed E-state index contributed by atoms with van der Waals surface area (Å²) in [6.07, 6.45) is 0. The van der Waals surface area contributed by atoms with Crippen LogP contribution in [-0.2, 0) is 21.4 Å². The Morgan fingerprint density at radius 2 is 1.57 bits per heavy atom. The molecule has 0 spiro atoms. The van der Waals surface area contributed by atoms with Crippen LogP contribution < -0.4 is 11.1 Å². The van der Waals surface area contributed by atoms with Crippen molar-refractivity contribution in [2.45, 2.75) is 25.9 Å². The molecule has 0 fully saturated rings. The molecule has 0 saturated carbocycles. The Hall–Kier alpha value is -3.15. The third-order valence-corrected chi connectivity index (χ3v) is 5.44. The number of anilines is 2. The van der Waals surface area contributed by atoms with E-state index in [2.05, 4.69) is 5.32 Å². The van der Waals surface area contributed by atoms with Crippen LogP contribution in [-0.4, -0.2) is 48.1 Å². The fourth-order valence-electron chi connectivity index (χ4n) is 3.89. The van der Waals surface area contributed by atoms with Gasteiger partial charge in [0.15, 0.2) is 0 Å². The summed E-state index contributed by atoms with van der Waals surface area (Å²) in [6.45, 7) is 4.77. The average Bonchev–Trinajstić information content (AvgIpc) is 3.14. The Kier molecular flexibility index (Phi) is 7.73. The SMILES string of the molecule is CC1(C)c2nc(-c3ccc(F)cc3)c(Nc3ccc(F)cc3)n2CCN1C(=O)CN.O=P(O)(O)O. The van der Waals surface area contributed by atoms with E-state index in [9.17, 15) is 13.6 Å². The number of carbonyl (C=O) groups is 1. The number of nitrogens with one attached hydrogen (secondary N) is 1. The second-order valence-electron chi connectivity index (χ2n) is 8.24. The van der Waals surface area contributed by atoms with E-state index in [0.717, 1.165) is 5.56 Å². The maximum absolute atomic E-state index is 13.5. The van der Waals surface area contributed by atoms with Crippen LogP contribution in [0.5, 0.6) is 0 Å². The zero-order valence-corrected chi connectivity index (χ0v) is 19.9. The van der Waals surface area contributed by atoms with Crippen LogP contribution in [0.15, 0.2) is 48.5 Å². The highest BCUT2D eigenvalue weighted by atomic mass is 31.2. The molecule has 35 heavy (non-hydrogen) atoms. The van der Waals surface area contributed by atoms with Crippen molar-refractivity contribution in [3.05, 3.63) is 66.0 Å². The normalized spacial score (nSPS) is 14.6. The van der Waals surface area contributed by atoms with Crippen LogP contribution in [0, 0.1) is 11.6 Å². The van der Waals surface area contributed by atoms with Gasteiger partial charge in [-0.25, -0.2) is 18.3 Å². The van der Waals surface area contributed by atoms with E-state index in [1.165, 1.54) is 24.3 Å². The minimum atomic E-state index is -4.64. The van der Waals surface area contributed by atoms with Gasteiger partial charge in [0.05, 0.1) is 12.1 Å². The van der Waals surface area contributed by atoms with Crippen molar-refractivity contribution in [3.63, 3.8) is 0 Å². The molecule has 10 nitrogen and oxygen atoms in total. The van der Waals surface area contributed by atoms with Crippen molar-refractivity contribution >= 4 is 25.2 Å². The van der Waals surface area contributed by atoms with Crippen LogP contribution >= 0.6 is 7.82 Å². The number of carbonyl (C=O) groups excluding carboxylic acids is 1. The van der Waals surface area contributed by atoms with Gasteiger partial charge in [-0.05, 0) is 62.4 Å². The first-order valence-corrected chi connectivity index (χ1v) is 12.1. The Bertz CT molecular complexity index is 1230. The molecule has 13 heteroatoms. The van der Waals surface area contributed by atoms with E-state index < -0.39 is 13.4 Å². The number of hydrogen-bond donors (Lipinski definition) is 5. The molecular formula is C22H26F2N5O5P. The van der Waals surface area contributed by atoms with Gasteiger partial charge in [0.1, 0.15) is 29.0 Å². The van der Waals surface area contributed by atoms with Gasteiger partial charge in [-0.3, -0.25) is 4.79 Å². The maximum Gasteiger partial charge on any atom is 0.466 e. The molecule has 3 aromatic rings. The lowest BCUT2D eigenvalue weighted by atomic mass is 9.99. The third-order valence-electron chi connectivity index (χ3n) is 5.44. The number of aromatic nitrogens is 2. The Balaban J connectivity index is 0.000000623. The van der Waals surface area contributed by atoms with Gasteiger partial charge in [0.25, 0.3) is 0 Å². The number of phosphoric acid groups is 1. The summed E-state index contributed by atoms with van der Waals surface area (Å²) in [5.41, 5.74) is 6.97. The largest absolute Gasteiger partial charge is 0.466 e. The van der Waals surface area contributed by atoms with Gasteiger partial charge in [-0.2, -0.15) is 0 Å². The fourth-order valence-corrected chi connectivity index (χ4v) is 3.89. The van der Waals surface area contributed by atoms with E-state index >= 15 is 0 Å². The Morgan fingerprint density at radius 1 is 1.06 bits per heavy atom. The first-order valence-electron chi connectivity index (χ1n) is 10.5. The van der Waals surface area contributed by atoms with Crippen molar-refractivity contribution in [3.8, 4) is 11.3 Å². The molecule has 6 N–H and O–H groups in total. The number of imidazole rings is 1. The lowest BCUT2D eigenvalue weighted by Gasteiger charge is -2.42. The van der Waals surface area contributed by atoms with Crippen LogP contribution in [0.1, 0.15) is 19.7 Å². The molecule has 1 aromatic heterocycles. The lowest BCUT2D eigenvalue weighted by molar-refractivity contribution is -0.137. The third kappa shape index (κ3) is 6.30. The van der Waals surface area contributed by atoms with Crippen LogP contribution in [0.3, 0.4) is 0 Å². The number of fused-ring (bicyclic) bond motifs is 1. The van der Waals surface area contributed by atoms with E-state index in [0.29, 0.717) is 36.1 Å². The highest BCUT2D eigenvalue weighted by Crippen LogP contribution is 2.39. The van der Waals surface area contributed by atoms with E-state index in [-0.39, 0.29) is 24.1 Å². The number of amides is 1. The van der Waals surface area contributed by atoms with E-state index in [1.807, 2.05) is 18.4 Å². The number of halogens is 2.